The molecule has 0 spiro atoms. The first-order chi connectivity index (χ1) is 8.74. The van der Waals surface area contributed by atoms with Crippen molar-refractivity contribution in [3.63, 3.8) is 0 Å². The van der Waals surface area contributed by atoms with Crippen molar-refractivity contribution in [1.29, 1.82) is 0 Å². The maximum absolute atomic E-state index is 4.71. The molecule has 0 aliphatic rings. The van der Waals surface area contributed by atoms with Crippen molar-refractivity contribution in [2.24, 2.45) is 0 Å². The van der Waals surface area contributed by atoms with Crippen LogP contribution in [0.5, 0.6) is 0 Å². The zero-order chi connectivity index (χ0) is 12.5. The summed E-state index contributed by atoms with van der Waals surface area (Å²) in [5.41, 5.74) is 3.29. The van der Waals surface area contributed by atoms with Gasteiger partial charge in [0.2, 0.25) is 0 Å². The van der Waals surface area contributed by atoms with Crippen molar-refractivity contribution < 1.29 is 0 Å². The van der Waals surface area contributed by atoms with Gasteiger partial charge in [-0.3, -0.25) is 0 Å². The Morgan fingerprint density at radius 2 is 1.78 bits per heavy atom. The van der Waals surface area contributed by atoms with Gasteiger partial charge < -0.3 is 0 Å². The van der Waals surface area contributed by atoms with E-state index < -0.39 is 0 Å². The molecule has 2 heterocycles. The number of aromatic nitrogens is 2. The van der Waals surface area contributed by atoms with Crippen LogP contribution in [0.25, 0.3) is 21.1 Å². The highest BCUT2D eigenvalue weighted by Crippen LogP contribution is 2.33. The van der Waals surface area contributed by atoms with Gasteiger partial charge in [0.1, 0.15) is 5.01 Å². The van der Waals surface area contributed by atoms with E-state index in [1.54, 1.807) is 22.7 Å². The fourth-order valence-electron chi connectivity index (χ4n) is 1.86. The van der Waals surface area contributed by atoms with Crippen LogP contribution in [-0.4, -0.2) is 9.97 Å². The lowest BCUT2D eigenvalue weighted by molar-refractivity contribution is 1.20. The highest BCUT2D eigenvalue weighted by atomic mass is 32.1. The Bertz CT molecular complexity index is 668. The molecule has 0 saturated carbocycles. The minimum absolute atomic E-state index is 1.04. The van der Waals surface area contributed by atoms with E-state index in [-0.39, 0.29) is 0 Å². The van der Waals surface area contributed by atoms with E-state index in [1.165, 1.54) is 10.4 Å². The van der Waals surface area contributed by atoms with E-state index in [0.717, 1.165) is 21.4 Å². The molecule has 90 valence electrons. The molecular weight excluding hydrogens is 260 g/mol. The second kappa shape index (κ2) is 4.63. The smallest absolute Gasteiger partial charge is 0.124 e. The summed E-state index contributed by atoms with van der Waals surface area (Å²) in [6.45, 7) is 4.08. The van der Waals surface area contributed by atoms with E-state index in [4.69, 9.17) is 4.98 Å². The number of aryl methyl sites for hydroxylation is 2. The van der Waals surface area contributed by atoms with Crippen molar-refractivity contribution in [1.82, 2.24) is 9.97 Å². The van der Waals surface area contributed by atoms with Gasteiger partial charge >= 0.3 is 0 Å². The van der Waals surface area contributed by atoms with Crippen molar-refractivity contribution >= 4 is 22.7 Å². The summed E-state index contributed by atoms with van der Waals surface area (Å²) in [4.78, 5) is 10.4. The Morgan fingerprint density at radius 3 is 2.44 bits per heavy atom. The Balaban J connectivity index is 2.02. The maximum Gasteiger partial charge on any atom is 0.124 e. The van der Waals surface area contributed by atoms with Crippen LogP contribution in [0.1, 0.15) is 10.7 Å². The van der Waals surface area contributed by atoms with Gasteiger partial charge in [-0.2, -0.15) is 0 Å². The zero-order valence-corrected chi connectivity index (χ0v) is 11.8. The molecule has 3 aromatic rings. The molecule has 0 amide bonds. The molecule has 18 heavy (non-hydrogen) atoms. The molecular formula is C14H12N2S2. The molecule has 3 rings (SSSR count). The minimum atomic E-state index is 1.04. The molecule has 0 saturated heterocycles. The van der Waals surface area contributed by atoms with E-state index in [9.17, 15) is 0 Å². The highest BCUT2D eigenvalue weighted by molar-refractivity contribution is 7.16. The molecule has 2 aromatic heterocycles. The third-order valence-corrected chi connectivity index (χ3v) is 4.65. The van der Waals surface area contributed by atoms with Crippen LogP contribution < -0.4 is 0 Å². The number of benzene rings is 1. The standard InChI is InChI=1S/C14H12N2S2/c1-9-13(18-10(2)15-9)12-8-17-14(16-12)11-6-4-3-5-7-11/h3-8H,1-2H3. The van der Waals surface area contributed by atoms with E-state index in [1.807, 2.05) is 32.0 Å². The quantitative estimate of drug-likeness (QED) is 0.684. The Kier molecular flexibility index (Phi) is 2.97. The highest BCUT2D eigenvalue weighted by Gasteiger charge is 2.11. The van der Waals surface area contributed by atoms with Crippen LogP contribution in [0, 0.1) is 13.8 Å². The fourth-order valence-corrected chi connectivity index (χ4v) is 3.63. The summed E-state index contributed by atoms with van der Waals surface area (Å²) in [5, 5.41) is 4.27. The van der Waals surface area contributed by atoms with Crippen LogP contribution in [0.2, 0.25) is 0 Å². The molecule has 0 N–H and O–H groups in total. The third kappa shape index (κ3) is 2.09. The minimum Gasteiger partial charge on any atom is -0.246 e. The monoisotopic (exact) mass is 272 g/mol. The van der Waals surface area contributed by atoms with Gasteiger partial charge in [-0.1, -0.05) is 30.3 Å². The summed E-state index contributed by atoms with van der Waals surface area (Å²) >= 11 is 3.39. The predicted octanol–water partition coefficient (Wildman–Crippen LogP) is 4.55. The molecule has 0 bridgehead atoms. The number of thiazole rings is 2. The molecule has 0 fully saturated rings. The van der Waals surface area contributed by atoms with Gasteiger partial charge in [0.25, 0.3) is 0 Å². The number of rotatable bonds is 2. The van der Waals surface area contributed by atoms with Gasteiger partial charge in [0, 0.05) is 10.9 Å². The van der Waals surface area contributed by atoms with Gasteiger partial charge in [0.05, 0.1) is 21.3 Å². The largest absolute Gasteiger partial charge is 0.246 e. The number of hydrogen-bond acceptors (Lipinski definition) is 4. The normalized spacial score (nSPS) is 10.8. The Labute approximate surface area is 114 Å². The van der Waals surface area contributed by atoms with Crippen molar-refractivity contribution in [3.05, 3.63) is 46.4 Å². The van der Waals surface area contributed by atoms with Gasteiger partial charge in [-0.05, 0) is 13.8 Å². The SMILES string of the molecule is Cc1nc(C)c(-c2csc(-c3ccccc3)n2)s1. The van der Waals surface area contributed by atoms with Crippen LogP contribution in [0.3, 0.4) is 0 Å². The van der Waals surface area contributed by atoms with Crippen molar-refractivity contribution in [3.8, 4) is 21.1 Å². The van der Waals surface area contributed by atoms with E-state index in [0.29, 0.717) is 0 Å². The van der Waals surface area contributed by atoms with Crippen molar-refractivity contribution in [2.45, 2.75) is 13.8 Å². The molecule has 1 aromatic carbocycles. The summed E-state index contributed by atoms with van der Waals surface area (Å²) < 4.78 is 0. The third-order valence-electron chi connectivity index (χ3n) is 2.66. The van der Waals surface area contributed by atoms with Gasteiger partial charge in [-0.25, -0.2) is 9.97 Å². The fraction of sp³-hybridized carbons (Fsp3) is 0.143. The number of hydrogen-bond donors (Lipinski definition) is 0. The predicted molar refractivity (Wildman–Crippen MR) is 78.1 cm³/mol. The van der Waals surface area contributed by atoms with E-state index >= 15 is 0 Å². The Hall–Kier alpha value is -1.52. The topological polar surface area (TPSA) is 25.8 Å². The molecule has 0 aliphatic heterocycles. The van der Waals surface area contributed by atoms with Crippen molar-refractivity contribution in [2.75, 3.05) is 0 Å². The number of nitrogens with zero attached hydrogens (tertiary/aromatic N) is 2. The van der Waals surface area contributed by atoms with Crippen LogP contribution in [-0.2, 0) is 0 Å². The summed E-state index contributed by atoms with van der Waals surface area (Å²) in [6.07, 6.45) is 0. The van der Waals surface area contributed by atoms with Crippen LogP contribution in [0.4, 0.5) is 0 Å². The van der Waals surface area contributed by atoms with Gasteiger partial charge in [0.15, 0.2) is 0 Å². The molecule has 0 unspecified atom stereocenters. The average Bonchev–Trinajstić information content (AvgIpc) is 2.97. The van der Waals surface area contributed by atoms with Crippen LogP contribution in [0.15, 0.2) is 35.7 Å². The summed E-state index contributed by atoms with van der Waals surface area (Å²) in [5.74, 6) is 0. The first kappa shape index (κ1) is 11.6. The molecule has 4 heteroatoms. The lowest BCUT2D eigenvalue weighted by Gasteiger charge is -1.94. The Morgan fingerprint density at radius 1 is 1.00 bits per heavy atom. The van der Waals surface area contributed by atoms with E-state index in [2.05, 4.69) is 22.5 Å². The first-order valence-corrected chi connectivity index (χ1v) is 7.39. The summed E-state index contributed by atoms with van der Waals surface area (Å²) in [7, 11) is 0. The second-order valence-corrected chi connectivity index (χ2v) is 6.11. The average molecular weight is 272 g/mol. The van der Waals surface area contributed by atoms with Crippen LogP contribution >= 0.6 is 22.7 Å². The maximum atomic E-state index is 4.71. The first-order valence-electron chi connectivity index (χ1n) is 5.69. The lowest BCUT2D eigenvalue weighted by atomic mass is 10.2. The molecule has 0 atom stereocenters. The molecule has 2 nitrogen and oxygen atoms in total. The van der Waals surface area contributed by atoms with Gasteiger partial charge in [-0.15, -0.1) is 22.7 Å². The zero-order valence-electron chi connectivity index (χ0n) is 10.2. The molecule has 0 aliphatic carbocycles. The molecule has 0 radical (unpaired) electrons. The second-order valence-electron chi connectivity index (χ2n) is 4.05. The summed E-state index contributed by atoms with van der Waals surface area (Å²) in [6, 6.07) is 10.3. The lowest BCUT2D eigenvalue weighted by Crippen LogP contribution is -1.79.